The molecule has 0 amide bonds. The van der Waals surface area contributed by atoms with Crippen LogP contribution in [0.3, 0.4) is 0 Å². The molecule has 1 aromatic carbocycles. The van der Waals surface area contributed by atoms with Crippen LogP contribution in [-0.2, 0) is 12.8 Å². The normalized spacial score (nSPS) is 24.6. The summed E-state index contributed by atoms with van der Waals surface area (Å²) in [7, 11) is 1.75. The van der Waals surface area contributed by atoms with E-state index in [0.717, 1.165) is 11.8 Å². The van der Waals surface area contributed by atoms with E-state index in [1.165, 1.54) is 56.3 Å². The minimum atomic E-state index is 0.748. The van der Waals surface area contributed by atoms with E-state index in [0.29, 0.717) is 0 Å². The van der Waals surface area contributed by atoms with Gasteiger partial charge >= 0.3 is 0 Å². The first-order valence-corrected chi connectivity index (χ1v) is 6.76. The van der Waals surface area contributed by atoms with Crippen molar-refractivity contribution in [3.63, 3.8) is 0 Å². The average molecular weight is 231 g/mol. The van der Waals surface area contributed by atoms with Crippen LogP contribution in [0.2, 0.25) is 0 Å². The first-order valence-electron chi connectivity index (χ1n) is 6.76. The van der Waals surface area contributed by atoms with Crippen LogP contribution in [-0.4, -0.2) is 31.1 Å². The number of methoxy groups -OCH3 is 1. The van der Waals surface area contributed by atoms with Gasteiger partial charge in [-0.05, 0) is 62.0 Å². The minimum absolute atomic E-state index is 0.748. The number of piperidine rings is 1. The van der Waals surface area contributed by atoms with Gasteiger partial charge in [0.05, 0.1) is 7.11 Å². The number of hydrogen-bond donors (Lipinski definition) is 0. The van der Waals surface area contributed by atoms with Crippen molar-refractivity contribution in [1.29, 1.82) is 0 Å². The maximum absolute atomic E-state index is 5.31. The summed E-state index contributed by atoms with van der Waals surface area (Å²) >= 11 is 0. The Morgan fingerprint density at radius 1 is 1.06 bits per heavy atom. The molecule has 2 heteroatoms. The van der Waals surface area contributed by atoms with E-state index in [2.05, 4.69) is 23.1 Å². The molecule has 2 aliphatic rings. The third-order valence-electron chi connectivity index (χ3n) is 4.23. The lowest BCUT2D eigenvalue weighted by Gasteiger charge is -2.32. The highest BCUT2D eigenvalue weighted by Gasteiger charge is 2.27. The Morgan fingerprint density at radius 2 is 1.82 bits per heavy atom. The lowest BCUT2D eigenvalue weighted by Crippen LogP contribution is -2.39. The molecule has 0 radical (unpaired) electrons. The minimum Gasteiger partial charge on any atom is -0.497 e. The highest BCUT2D eigenvalue weighted by atomic mass is 16.5. The lowest BCUT2D eigenvalue weighted by molar-refractivity contribution is 0.168. The van der Waals surface area contributed by atoms with E-state index >= 15 is 0 Å². The second kappa shape index (κ2) is 4.69. The predicted octanol–water partition coefficient (Wildman–Crippen LogP) is 2.65. The molecule has 1 atom stereocenters. The maximum Gasteiger partial charge on any atom is 0.119 e. The molecule has 17 heavy (non-hydrogen) atoms. The molecular weight excluding hydrogens is 210 g/mol. The van der Waals surface area contributed by atoms with Gasteiger partial charge in [0.2, 0.25) is 0 Å². The fourth-order valence-corrected chi connectivity index (χ4v) is 3.24. The van der Waals surface area contributed by atoms with Gasteiger partial charge in [-0.25, -0.2) is 0 Å². The van der Waals surface area contributed by atoms with E-state index in [-0.39, 0.29) is 0 Å². The Kier molecular flexibility index (Phi) is 3.06. The molecule has 2 nitrogen and oxygen atoms in total. The maximum atomic E-state index is 5.31. The van der Waals surface area contributed by atoms with Crippen molar-refractivity contribution in [3.8, 4) is 5.75 Å². The fourth-order valence-electron chi connectivity index (χ4n) is 3.24. The molecule has 0 saturated carbocycles. The summed E-state index contributed by atoms with van der Waals surface area (Å²) in [5.41, 5.74) is 3.03. The molecule has 0 aromatic heterocycles. The summed E-state index contributed by atoms with van der Waals surface area (Å²) in [4.78, 5) is 2.69. The predicted molar refractivity (Wildman–Crippen MR) is 69.6 cm³/mol. The Bertz CT molecular complexity index is 396. The summed E-state index contributed by atoms with van der Waals surface area (Å²) in [5.74, 6) is 1.00. The van der Waals surface area contributed by atoms with E-state index in [4.69, 9.17) is 4.74 Å². The zero-order valence-corrected chi connectivity index (χ0v) is 10.6. The molecule has 1 aromatic rings. The Morgan fingerprint density at radius 3 is 2.59 bits per heavy atom. The molecule has 1 aliphatic carbocycles. The largest absolute Gasteiger partial charge is 0.497 e. The van der Waals surface area contributed by atoms with Crippen LogP contribution >= 0.6 is 0 Å². The van der Waals surface area contributed by atoms with Gasteiger partial charge in [0.25, 0.3) is 0 Å². The zero-order chi connectivity index (χ0) is 11.7. The number of hydrogen-bond acceptors (Lipinski definition) is 2. The van der Waals surface area contributed by atoms with Crippen molar-refractivity contribution in [3.05, 3.63) is 29.3 Å². The Balaban J connectivity index is 1.73. The molecule has 0 spiro atoms. The van der Waals surface area contributed by atoms with Gasteiger partial charge in [0.1, 0.15) is 5.75 Å². The molecule has 1 aliphatic heterocycles. The number of fused-ring (bicyclic) bond motifs is 1. The standard InChI is InChI=1S/C15H21NO/c1-17-15-6-5-12-9-14(10-13(12)11-15)16-7-3-2-4-8-16/h5-6,11,14H,2-4,7-10H2,1H3/t14-/m0/s1. The third-order valence-corrected chi connectivity index (χ3v) is 4.23. The molecule has 92 valence electrons. The van der Waals surface area contributed by atoms with Crippen molar-refractivity contribution in [2.75, 3.05) is 20.2 Å². The van der Waals surface area contributed by atoms with E-state index in [1.54, 1.807) is 7.11 Å². The molecule has 3 rings (SSSR count). The van der Waals surface area contributed by atoms with Gasteiger partial charge in [-0.2, -0.15) is 0 Å². The molecule has 1 heterocycles. The molecule has 1 fully saturated rings. The monoisotopic (exact) mass is 231 g/mol. The van der Waals surface area contributed by atoms with Crippen LogP contribution in [0.5, 0.6) is 5.75 Å². The molecule has 0 unspecified atom stereocenters. The third kappa shape index (κ3) is 2.19. The van der Waals surface area contributed by atoms with Gasteiger partial charge in [-0.3, -0.25) is 4.90 Å². The van der Waals surface area contributed by atoms with Gasteiger partial charge < -0.3 is 4.74 Å². The van der Waals surface area contributed by atoms with Crippen LogP contribution in [0.4, 0.5) is 0 Å². The Labute approximate surface area is 104 Å². The van der Waals surface area contributed by atoms with E-state index in [9.17, 15) is 0 Å². The summed E-state index contributed by atoms with van der Waals surface area (Å²) in [6.45, 7) is 2.60. The smallest absolute Gasteiger partial charge is 0.119 e. The highest BCUT2D eigenvalue weighted by molar-refractivity contribution is 5.40. The fraction of sp³-hybridized carbons (Fsp3) is 0.600. The van der Waals surface area contributed by atoms with Crippen molar-refractivity contribution >= 4 is 0 Å². The van der Waals surface area contributed by atoms with Crippen LogP contribution < -0.4 is 4.74 Å². The van der Waals surface area contributed by atoms with Crippen LogP contribution in [0.1, 0.15) is 30.4 Å². The van der Waals surface area contributed by atoms with Gasteiger partial charge in [-0.1, -0.05) is 12.5 Å². The summed E-state index contributed by atoms with van der Waals surface area (Å²) in [5, 5.41) is 0. The molecule has 1 saturated heterocycles. The van der Waals surface area contributed by atoms with E-state index < -0.39 is 0 Å². The molecule has 0 N–H and O–H groups in total. The van der Waals surface area contributed by atoms with Crippen LogP contribution in [0.15, 0.2) is 18.2 Å². The quantitative estimate of drug-likeness (QED) is 0.776. The van der Waals surface area contributed by atoms with Crippen molar-refractivity contribution in [2.24, 2.45) is 0 Å². The molecular formula is C15H21NO. The summed E-state index contributed by atoms with van der Waals surface area (Å²) in [6.07, 6.45) is 6.64. The summed E-state index contributed by atoms with van der Waals surface area (Å²) < 4.78 is 5.31. The van der Waals surface area contributed by atoms with Gasteiger partial charge in [-0.15, -0.1) is 0 Å². The van der Waals surface area contributed by atoms with Crippen molar-refractivity contribution < 1.29 is 4.74 Å². The van der Waals surface area contributed by atoms with Crippen molar-refractivity contribution in [2.45, 2.75) is 38.1 Å². The van der Waals surface area contributed by atoms with E-state index in [1.807, 2.05) is 0 Å². The highest BCUT2D eigenvalue weighted by Crippen LogP contribution is 2.30. The van der Waals surface area contributed by atoms with Crippen LogP contribution in [0, 0.1) is 0 Å². The first-order chi connectivity index (χ1) is 8.36. The Hall–Kier alpha value is -1.02. The number of rotatable bonds is 2. The lowest BCUT2D eigenvalue weighted by atomic mass is 10.1. The second-order valence-electron chi connectivity index (χ2n) is 5.29. The zero-order valence-electron chi connectivity index (χ0n) is 10.6. The number of nitrogens with zero attached hydrogens (tertiary/aromatic N) is 1. The average Bonchev–Trinajstić information content (AvgIpc) is 2.82. The van der Waals surface area contributed by atoms with Gasteiger partial charge in [0.15, 0.2) is 0 Å². The summed E-state index contributed by atoms with van der Waals surface area (Å²) in [6, 6.07) is 7.31. The SMILES string of the molecule is COc1ccc2c(c1)C[C@@H](N1CCCCC1)C2. The first kappa shape index (κ1) is 11.1. The number of benzene rings is 1. The van der Waals surface area contributed by atoms with Crippen molar-refractivity contribution in [1.82, 2.24) is 4.90 Å². The molecule has 0 bridgehead atoms. The van der Waals surface area contributed by atoms with Crippen LogP contribution in [0.25, 0.3) is 0 Å². The topological polar surface area (TPSA) is 12.5 Å². The van der Waals surface area contributed by atoms with Gasteiger partial charge in [0, 0.05) is 6.04 Å². The number of likely N-dealkylation sites (tertiary alicyclic amines) is 1. The number of ether oxygens (including phenoxy) is 1. The second-order valence-corrected chi connectivity index (χ2v) is 5.29.